The third-order valence-corrected chi connectivity index (χ3v) is 8.44. The van der Waals surface area contributed by atoms with Crippen molar-refractivity contribution in [2.24, 2.45) is 0 Å². The van der Waals surface area contributed by atoms with Gasteiger partial charge in [0, 0.05) is 30.5 Å². The van der Waals surface area contributed by atoms with Gasteiger partial charge in [-0.2, -0.15) is 4.31 Å². The topological polar surface area (TPSA) is 80.5 Å². The van der Waals surface area contributed by atoms with Crippen molar-refractivity contribution in [2.75, 3.05) is 13.1 Å². The zero-order chi connectivity index (χ0) is 20.0. The Hall–Kier alpha value is -2.55. The summed E-state index contributed by atoms with van der Waals surface area (Å²) in [5.74, 6) is 0.282. The number of rotatable bonds is 3. The van der Waals surface area contributed by atoms with Gasteiger partial charge >= 0.3 is 5.63 Å². The molecule has 2 aromatic carbocycles. The molecule has 1 aliphatic heterocycles. The number of nitrogens with zero attached hydrogens (tertiary/aromatic N) is 2. The lowest BCUT2D eigenvalue weighted by Crippen LogP contribution is -2.37. The summed E-state index contributed by atoms with van der Waals surface area (Å²) in [6, 6.07) is 15.5. The van der Waals surface area contributed by atoms with E-state index in [0.717, 1.165) is 23.4 Å². The number of fused-ring (bicyclic) bond motifs is 2. The van der Waals surface area contributed by atoms with Crippen LogP contribution in [0.15, 0.2) is 68.7 Å². The Balaban J connectivity index is 1.36. The average Bonchev–Trinajstić information content (AvgIpc) is 3.17. The molecule has 0 saturated carbocycles. The van der Waals surface area contributed by atoms with Crippen LogP contribution in [-0.2, 0) is 10.0 Å². The third kappa shape index (κ3) is 3.37. The maximum atomic E-state index is 13.1. The Labute approximate surface area is 171 Å². The fraction of sp³-hybridized carbons (Fsp3) is 0.238. The number of hydrogen-bond donors (Lipinski definition) is 0. The predicted molar refractivity (Wildman–Crippen MR) is 113 cm³/mol. The van der Waals surface area contributed by atoms with Gasteiger partial charge in [-0.25, -0.2) is 18.2 Å². The number of aromatic nitrogens is 1. The highest BCUT2D eigenvalue weighted by Gasteiger charge is 2.31. The minimum Gasteiger partial charge on any atom is -0.423 e. The minimum atomic E-state index is -3.60. The number of para-hydroxylation sites is 1. The second-order valence-corrected chi connectivity index (χ2v) is 10.2. The molecule has 148 valence electrons. The van der Waals surface area contributed by atoms with Crippen LogP contribution in [0.5, 0.6) is 0 Å². The fourth-order valence-corrected chi connectivity index (χ4v) is 6.41. The lowest BCUT2D eigenvalue weighted by molar-refractivity contribution is 0.319. The van der Waals surface area contributed by atoms with Crippen LogP contribution < -0.4 is 5.63 Å². The van der Waals surface area contributed by atoms with E-state index in [9.17, 15) is 13.2 Å². The Morgan fingerprint density at radius 2 is 1.83 bits per heavy atom. The second-order valence-electron chi connectivity index (χ2n) is 7.15. The van der Waals surface area contributed by atoms with Crippen LogP contribution >= 0.6 is 11.3 Å². The summed E-state index contributed by atoms with van der Waals surface area (Å²) in [5.41, 5.74) is 0.932. The largest absolute Gasteiger partial charge is 0.423 e. The maximum absolute atomic E-state index is 13.1. The quantitative estimate of drug-likeness (QED) is 0.463. The van der Waals surface area contributed by atoms with Gasteiger partial charge in [-0.1, -0.05) is 12.1 Å². The summed E-state index contributed by atoms with van der Waals surface area (Å²) in [4.78, 5) is 16.3. The first-order chi connectivity index (χ1) is 14.0. The smallest absolute Gasteiger partial charge is 0.336 e. The van der Waals surface area contributed by atoms with Crippen molar-refractivity contribution >= 4 is 42.5 Å². The van der Waals surface area contributed by atoms with Crippen LogP contribution in [0.25, 0.3) is 21.2 Å². The molecule has 4 aromatic rings. The summed E-state index contributed by atoms with van der Waals surface area (Å²) in [6.45, 7) is 0.926. The monoisotopic (exact) mass is 426 g/mol. The van der Waals surface area contributed by atoms with Crippen molar-refractivity contribution in [1.29, 1.82) is 0 Å². The van der Waals surface area contributed by atoms with Crippen LogP contribution in [0, 0.1) is 0 Å². The van der Waals surface area contributed by atoms with E-state index in [4.69, 9.17) is 9.40 Å². The summed E-state index contributed by atoms with van der Waals surface area (Å²) >= 11 is 1.70. The molecule has 0 radical (unpaired) electrons. The fourth-order valence-electron chi connectivity index (χ4n) is 3.77. The van der Waals surface area contributed by atoms with E-state index >= 15 is 0 Å². The molecule has 3 heterocycles. The summed E-state index contributed by atoms with van der Waals surface area (Å²) < 4.78 is 34.0. The van der Waals surface area contributed by atoms with Crippen LogP contribution in [-0.4, -0.2) is 30.8 Å². The summed E-state index contributed by atoms with van der Waals surface area (Å²) in [7, 11) is -3.60. The molecule has 29 heavy (non-hydrogen) atoms. The molecule has 6 nitrogen and oxygen atoms in total. The summed E-state index contributed by atoms with van der Waals surface area (Å²) in [6.07, 6.45) is 1.50. The Bertz CT molecular complexity index is 1330. The van der Waals surface area contributed by atoms with Gasteiger partial charge in [-0.05, 0) is 49.2 Å². The normalized spacial score (nSPS) is 16.6. The molecule has 1 saturated heterocycles. The molecule has 0 aliphatic carbocycles. The molecule has 0 spiro atoms. The number of thiazole rings is 1. The highest BCUT2D eigenvalue weighted by atomic mass is 32.2. The molecular formula is C21H18N2O4S2. The standard InChI is InChI=1S/C21H18N2O4S2/c24-20-8-5-15-13-16(6-7-18(15)27-20)29(25,26)23-11-9-14(10-12-23)21-22-17-3-1-2-4-19(17)28-21/h1-8,13-14H,9-12H2. The van der Waals surface area contributed by atoms with Gasteiger partial charge in [0.05, 0.1) is 20.1 Å². The van der Waals surface area contributed by atoms with Crippen molar-refractivity contribution in [2.45, 2.75) is 23.7 Å². The predicted octanol–water partition coefficient (Wildman–Crippen LogP) is 3.97. The highest BCUT2D eigenvalue weighted by Crippen LogP contribution is 2.35. The molecule has 8 heteroatoms. The van der Waals surface area contributed by atoms with E-state index in [2.05, 4.69) is 6.07 Å². The molecule has 5 rings (SSSR count). The van der Waals surface area contributed by atoms with Crippen molar-refractivity contribution in [3.63, 3.8) is 0 Å². The minimum absolute atomic E-state index is 0.220. The SMILES string of the molecule is O=c1ccc2cc(S(=O)(=O)N3CCC(c4nc5ccccc5s4)CC3)ccc2o1. The second kappa shape index (κ2) is 7.05. The van der Waals surface area contributed by atoms with Crippen LogP contribution in [0.2, 0.25) is 0 Å². The van der Waals surface area contributed by atoms with Crippen molar-refractivity contribution in [3.8, 4) is 0 Å². The van der Waals surface area contributed by atoms with E-state index < -0.39 is 15.6 Å². The third-order valence-electron chi connectivity index (χ3n) is 5.34. The van der Waals surface area contributed by atoms with E-state index in [-0.39, 0.29) is 10.8 Å². The first-order valence-electron chi connectivity index (χ1n) is 9.40. The molecule has 0 atom stereocenters. The first kappa shape index (κ1) is 18.5. The molecule has 0 unspecified atom stereocenters. The summed E-state index contributed by atoms with van der Waals surface area (Å²) in [5, 5.41) is 1.68. The zero-order valence-electron chi connectivity index (χ0n) is 15.4. The van der Waals surface area contributed by atoms with Crippen LogP contribution in [0.1, 0.15) is 23.8 Å². The maximum Gasteiger partial charge on any atom is 0.336 e. The molecule has 0 amide bonds. The van der Waals surface area contributed by atoms with E-state index in [1.807, 2.05) is 18.2 Å². The average molecular weight is 427 g/mol. The van der Waals surface area contributed by atoms with Gasteiger partial charge in [0.1, 0.15) is 5.58 Å². The first-order valence-corrected chi connectivity index (χ1v) is 11.7. The number of piperidine rings is 1. The van der Waals surface area contributed by atoms with Crippen LogP contribution in [0.4, 0.5) is 0 Å². The number of sulfonamides is 1. The van der Waals surface area contributed by atoms with Gasteiger partial charge in [-0.15, -0.1) is 11.3 Å². The van der Waals surface area contributed by atoms with Gasteiger partial charge in [0.15, 0.2) is 0 Å². The van der Waals surface area contributed by atoms with Gasteiger partial charge in [-0.3, -0.25) is 0 Å². The highest BCUT2D eigenvalue weighted by molar-refractivity contribution is 7.89. The van der Waals surface area contributed by atoms with E-state index in [1.54, 1.807) is 23.5 Å². The molecule has 1 aliphatic rings. The van der Waals surface area contributed by atoms with Crippen molar-refractivity contribution < 1.29 is 12.8 Å². The zero-order valence-corrected chi connectivity index (χ0v) is 17.1. The van der Waals surface area contributed by atoms with Crippen molar-refractivity contribution in [1.82, 2.24) is 9.29 Å². The van der Waals surface area contributed by atoms with E-state index in [0.29, 0.717) is 24.1 Å². The Morgan fingerprint density at radius 3 is 2.62 bits per heavy atom. The molecule has 0 bridgehead atoms. The molecule has 1 fully saturated rings. The van der Waals surface area contributed by atoms with E-state index in [1.165, 1.54) is 27.2 Å². The molecule has 2 aromatic heterocycles. The lowest BCUT2D eigenvalue weighted by Gasteiger charge is -2.30. The number of benzene rings is 2. The van der Waals surface area contributed by atoms with Gasteiger partial charge in [0.2, 0.25) is 10.0 Å². The molecule has 0 N–H and O–H groups in total. The number of hydrogen-bond acceptors (Lipinski definition) is 6. The Kier molecular flexibility index (Phi) is 4.49. The van der Waals surface area contributed by atoms with Gasteiger partial charge < -0.3 is 4.42 Å². The van der Waals surface area contributed by atoms with Crippen LogP contribution in [0.3, 0.4) is 0 Å². The molecular weight excluding hydrogens is 408 g/mol. The Morgan fingerprint density at radius 1 is 1.03 bits per heavy atom. The lowest BCUT2D eigenvalue weighted by atomic mass is 9.99. The van der Waals surface area contributed by atoms with Crippen molar-refractivity contribution in [3.05, 3.63) is 70.0 Å². The van der Waals surface area contributed by atoms with Gasteiger partial charge in [0.25, 0.3) is 0 Å².